The average molecular weight is 332 g/mol. The van der Waals surface area contributed by atoms with Crippen molar-refractivity contribution in [3.05, 3.63) is 58.9 Å². The molecular formula is C18H22ClN3O. The summed E-state index contributed by atoms with van der Waals surface area (Å²) in [6.45, 7) is 3.62. The summed E-state index contributed by atoms with van der Waals surface area (Å²) in [7, 11) is 0. The second-order valence-corrected chi connectivity index (χ2v) is 5.78. The van der Waals surface area contributed by atoms with Gasteiger partial charge in [0.2, 0.25) is 0 Å². The molecule has 0 bridgehead atoms. The molecule has 0 aliphatic rings. The third-order valence-corrected chi connectivity index (χ3v) is 3.68. The number of aromatic nitrogens is 1. The molecule has 5 heteroatoms. The van der Waals surface area contributed by atoms with Gasteiger partial charge in [0, 0.05) is 18.1 Å². The molecule has 23 heavy (non-hydrogen) atoms. The Bertz CT molecular complexity index is 628. The van der Waals surface area contributed by atoms with Crippen LogP contribution in [0.3, 0.4) is 0 Å². The van der Waals surface area contributed by atoms with E-state index in [1.165, 1.54) is 0 Å². The molecule has 1 heterocycles. The van der Waals surface area contributed by atoms with E-state index in [-0.39, 0.29) is 5.91 Å². The molecule has 2 aromatic rings. The van der Waals surface area contributed by atoms with Crippen molar-refractivity contribution >= 4 is 23.2 Å². The number of benzene rings is 1. The van der Waals surface area contributed by atoms with Gasteiger partial charge in [-0.15, -0.1) is 0 Å². The summed E-state index contributed by atoms with van der Waals surface area (Å²) in [6.07, 6.45) is 4.70. The topological polar surface area (TPSA) is 54.0 Å². The molecule has 0 saturated carbocycles. The molecule has 0 aliphatic carbocycles. The predicted molar refractivity (Wildman–Crippen MR) is 95.1 cm³/mol. The fourth-order valence-corrected chi connectivity index (χ4v) is 2.36. The van der Waals surface area contributed by atoms with Crippen LogP contribution in [-0.4, -0.2) is 24.0 Å². The Morgan fingerprint density at radius 1 is 1.22 bits per heavy atom. The first-order chi connectivity index (χ1) is 11.2. The van der Waals surface area contributed by atoms with Crippen LogP contribution < -0.4 is 10.6 Å². The maximum absolute atomic E-state index is 12.1. The number of nitrogens with one attached hydrogen (secondary N) is 2. The molecule has 1 aromatic heterocycles. The Morgan fingerprint density at radius 3 is 2.78 bits per heavy atom. The summed E-state index contributed by atoms with van der Waals surface area (Å²) in [4.78, 5) is 16.3. The lowest BCUT2D eigenvalue weighted by Gasteiger charge is -2.07. The minimum absolute atomic E-state index is 0.160. The molecule has 2 rings (SSSR count). The van der Waals surface area contributed by atoms with E-state index in [9.17, 15) is 4.79 Å². The largest absolute Gasteiger partial charge is 0.384 e. The molecule has 1 aromatic carbocycles. The van der Waals surface area contributed by atoms with Crippen molar-refractivity contribution in [1.29, 1.82) is 0 Å². The highest BCUT2D eigenvalue weighted by atomic mass is 35.5. The number of unbranched alkanes of at least 4 members (excludes halogenated alkanes) is 1. The highest BCUT2D eigenvalue weighted by Gasteiger charge is 2.06. The quantitative estimate of drug-likeness (QED) is 0.721. The molecule has 0 unspecified atom stereocenters. The van der Waals surface area contributed by atoms with Gasteiger partial charge in [0.05, 0.1) is 11.9 Å². The Kier molecular flexibility index (Phi) is 6.88. The SMILES string of the molecule is CCCCNc1ccc(C(=O)NCCc2cccc(Cl)c2)nc1. The van der Waals surface area contributed by atoms with Crippen LogP contribution in [0.2, 0.25) is 5.02 Å². The average Bonchev–Trinajstić information content (AvgIpc) is 2.56. The molecule has 0 atom stereocenters. The molecule has 0 aliphatic heterocycles. The van der Waals surface area contributed by atoms with Crippen molar-refractivity contribution in [2.24, 2.45) is 0 Å². The van der Waals surface area contributed by atoms with E-state index < -0.39 is 0 Å². The van der Waals surface area contributed by atoms with E-state index in [0.717, 1.165) is 37.1 Å². The Balaban J connectivity index is 1.79. The summed E-state index contributed by atoms with van der Waals surface area (Å²) < 4.78 is 0. The van der Waals surface area contributed by atoms with E-state index in [0.29, 0.717) is 17.3 Å². The molecule has 0 radical (unpaired) electrons. The normalized spacial score (nSPS) is 10.3. The number of nitrogens with zero attached hydrogens (tertiary/aromatic N) is 1. The summed E-state index contributed by atoms with van der Waals surface area (Å²) in [5, 5.41) is 6.86. The molecule has 122 valence electrons. The molecular weight excluding hydrogens is 310 g/mol. The van der Waals surface area contributed by atoms with Gasteiger partial charge in [0.1, 0.15) is 5.69 Å². The summed E-state index contributed by atoms with van der Waals surface area (Å²) >= 11 is 5.94. The molecule has 0 fully saturated rings. The zero-order valence-corrected chi connectivity index (χ0v) is 14.1. The van der Waals surface area contributed by atoms with Crippen molar-refractivity contribution < 1.29 is 4.79 Å². The van der Waals surface area contributed by atoms with Crippen LogP contribution in [0.1, 0.15) is 35.8 Å². The molecule has 0 saturated heterocycles. The number of hydrogen-bond acceptors (Lipinski definition) is 3. The predicted octanol–water partition coefficient (Wildman–Crippen LogP) is 3.92. The first-order valence-electron chi connectivity index (χ1n) is 7.91. The van der Waals surface area contributed by atoms with Gasteiger partial charge in [-0.2, -0.15) is 0 Å². The second-order valence-electron chi connectivity index (χ2n) is 5.35. The number of rotatable bonds is 8. The van der Waals surface area contributed by atoms with Gasteiger partial charge < -0.3 is 10.6 Å². The van der Waals surface area contributed by atoms with Crippen LogP contribution in [0, 0.1) is 0 Å². The summed E-state index contributed by atoms with van der Waals surface area (Å²) in [5.74, 6) is -0.160. The van der Waals surface area contributed by atoms with Crippen LogP contribution in [-0.2, 0) is 6.42 Å². The van der Waals surface area contributed by atoms with Crippen molar-refractivity contribution in [3.8, 4) is 0 Å². The van der Waals surface area contributed by atoms with Crippen molar-refractivity contribution in [3.63, 3.8) is 0 Å². The van der Waals surface area contributed by atoms with Crippen LogP contribution >= 0.6 is 11.6 Å². The van der Waals surface area contributed by atoms with E-state index in [4.69, 9.17) is 11.6 Å². The standard InChI is InChI=1S/C18H22ClN3O/c1-2-3-10-20-16-7-8-17(22-13-16)18(23)21-11-9-14-5-4-6-15(19)12-14/h4-8,12-13,20H,2-3,9-11H2,1H3,(H,21,23). The highest BCUT2D eigenvalue weighted by molar-refractivity contribution is 6.30. The molecule has 4 nitrogen and oxygen atoms in total. The number of amides is 1. The number of carbonyl (C=O) groups excluding carboxylic acids is 1. The van der Waals surface area contributed by atoms with Gasteiger partial charge in [-0.25, -0.2) is 4.98 Å². The van der Waals surface area contributed by atoms with Gasteiger partial charge >= 0.3 is 0 Å². The number of hydrogen-bond donors (Lipinski definition) is 2. The lowest BCUT2D eigenvalue weighted by atomic mass is 10.1. The van der Waals surface area contributed by atoms with Crippen LogP contribution in [0.4, 0.5) is 5.69 Å². The fourth-order valence-electron chi connectivity index (χ4n) is 2.15. The third-order valence-electron chi connectivity index (χ3n) is 3.44. The summed E-state index contributed by atoms with van der Waals surface area (Å²) in [6, 6.07) is 11.3. The monoisotopic (exact) mass is 331 g/mol. The van der Waals surface area contributed by atoms with Gasteiger partial charge in [-0.1, -0.05) is 37.1 Å². The zero-order valence-electron chi connectivity index (χ0n) is 13.3. The lowest BCUT2D eigenvalue weighted by molar-refractivity contribution is 0.0949. The number of carbonyl (C=O) groups is 1. The smallest absolute Gasteiger partial charge is 0.269 e. The van der Waals surface area contributed by atoms with E-state index in [2.05, 4.69) is 22.5 Å². The van der Waals surface area contributed by atoms with Crippen molar-refractivity contribution in [2.75, 3.05) is 18.4 Å². The maximum atomic E-state index is 12.1. The molecule has 0 spiro atoms. The minimum atomic E-state index is -0.160. The third kappa shape index (κ3) is 5.91. The first-order valence-corrected chi connectivity index (χ1v) is 8.29. The number of pyridine rings is 1. The Labute approximate surface area is 142 Å². The van der Waals surface area contributed by atoms with Gasteiger partial charge in [-0.05, 0) is 42.7 Å². The maximum Gasteiger partial charge on any atom is 0.269 e. The van der Waals surface area contributed by atoms with Gasteiger partial charge in [-0.3, -0.25) is 4.79 Å². The Hall–Kier alpha value is -2.07. The van der Waals surface area contributed by atoms with E-state index >= 15 is 0 Å². The minimum Gasteiger partial charge on any atom is -0.384 e. The first kappa shape index (κ1) is 17.3. The van der Waals surface area contributed by atoms with E-state index in [1.807, 2.05) is 30.3 Å². The fraction of sp³-hybridized carbons (Fsp3) is 0.333. The Morgan fingerprint density at radius 2 is 2.09 bits per heavy atom. The highest BCUT2D eigenvalue weighted by Crippen LogP contribution is 2.11. The van der Waals surface area contributed by atoms with Crippen LogP contribution in [0.25, 0.3) is 0 Å². The summed E-state index contributed by atoms with van der Waals surface area (Å²) in [5.41, 5.74) is 2.47. The van der Waals surface area contributed by atoms with Crippen molar-refractivity contribution in [2.45, 2.75) is 26.2 Å². The van der Waals surface area contributed by atoms with Crippen LogP contribution in [0.15, 0.2) is 42.6 Å². The zero-order chi connectivity index (χ0) is 16.5. The number of halogens is 1. The van der Waals surface area contributed by atoms with Gasteiger partial charge in [0.25, 0.3) is 5.91 Å². The second kappa shape index (κ2) is 9.16. The van der Waals surface area contributed by atoms with E-state index in [1.54, 1.807) is 12.3 Å². The van der Waals surface area contributed by atoms with Gasteiger partial charge in [0.15, 0.2) is 0 Å². The molecule has 1 amide bonds. The number of anilines is 1. The van der Waals surface area contributed by atoms with Crippen molar-refractivity contribution in [1.82, 2.24) is 10.3 Å². The van der Waals surface area contributed by atoms with Crippen LogP contribution in [0.5, 0.6) is 0 Å². The molecule has 2 N–H and O–H groups in total. The lowest BCUT2D eigenvalue weighted by Crippen LogP contribution is -2.26.